The molecule has 3 aromatic carbocycles. The molecule has 2 bridgehead atoms. The number of amidine groups is 1. The predicted molar refractivity (Wildman–Crippen MR) is 161 cm³/mol. The van der Waals surface area contributed by atoms with Gasteiger partial charge in [-0.15, -0.1) is 0 Å². The molecule has 2 saturated heterocycles. The maximum atomic E-state index is 4.96. The Morgan fingerprint density at radius 3 is 2.38 bits per heavy atom. The van der Waals surface area contributed by atoms with Gasteiger partial charge in [0.1, 0.15) is 12.3 Å². The molecule has 4 aliphatic heterocycles. The van der Waals surface area contributed by atoms with Crippen LogP contribution in [0.25, 0.3) is 22.0 Å². The Morgan fingerprint density at radius 1 is 0.850 bits per heavy atom. The third-order valence-corrected chi connectivity index (χ3v) is 10.3. The van der Waals surface area contributed by atoms with Crippen molar-refractivity contribution in [2.45, 2.75) is 56.7 Å². The lowest BCUT2D eigenvalue weighted by Crippen LogP contribution is -2.77. The fourth-order valence-corrected chi connectivity index (χ4v) is 7.66. The first-order valence-corrected chi connectivity index (χ1v) is 15.0. The van der Waals surface area contributed by atoms with Crippen molar-refractivity contribution in [2.75, 3.05) is 6.54 Å². The van der Waals surface area contributed by atoms with Gasteiger partial charge in [0, 0.05) is 29.6 Å². The van der Waals surface area contributed by atoms with Crippen LogP contribution in [-0.4, -0.2) is 42.9 Å². The quantitative estimate of drug-likeness (QED) is 0.482. The van der Waals surface area contributed by atoms with Crippen LogP contribution in [-0.2, 0) is 0 Å². The third kappa shape index (κ3) is 3.87. The molecule has 0 amide bonds. The molecule has 4 unspecified atom stereocenters. The smallest absolute Gasteiger partial charge is 0.308 e. The standard InChI is InChI=1S/C35H33N5/c1-3-22(32-19-37-34(40-32)33-27-9-10-29(15-27)39-33)4-2-21(1)23-5-6-25-14-26(8-7-24(25)13-23)28-16-30(36-18-28)31-17-35(11-12-35)20-38-31/h1-8,13-14,16,18-19,27,29,31,33,38-39H,9-12,15,17,20H2/p+1. The van der Waals surface area contributed by atoms with Crippen LogP contribution in [0.5, 0.6) is 0 Å². The number of hydrogen-bond acceptors (Lipinski definition) is 4. The van der Waals surface area contributed by atoms with Crippen molar-refractivity contribution >= 4 is 40.3 Å². The van der Waals surface area contributed by atoms with E-state index in [2.05, 4.69) is 88.6 Å². The van der Waals surface area contributed by atoms with Crippen molar-refractivity contribution in [3.63, 3.8) is 0 Å². The highest BCUT2D eigenvalue weighted by Crippen LogP contribution is 2.53. The first-order chi connectivity index (χ1) is 19.7. The summed E-state index contributed by atoms with van der Waals surface area (Å²) >= 11 is 0. The van der Waals surface area contributed by atoms with Gasteiger partial charge >= 0.3 is 5.84 Å². The topological polar surface area (TPSA) is 62.8 Å². The molecule has 0 radical (unpaired) electrons. The minimum absolute atomic E-state index is 0.390. The molecule has 198 valence electrons. The van der Waals surface area contributed by atoms with Crippen molar-refractivity contribution in [3.05, 3.63) is 93.3 Å². The summed E-state index contributed by atoms with van der Waals surface area (Å²) in [5, 5.41) is 14.8. The number of aliphatic imine (C=N–C) groups is 2. The minimum Gasteiger partial charge on any atom is -0.308 e. The molecule has 4 atom stereocenters. The molecule has 4 heterocycles. The number of rotatable bonds is 2. The van der Waals surface area contributed by atoms with Crippen molar-refractivity contribution in [1.82, 2.24) is 10.6 Å². The van der Waals surface area contributed by atoms with Crippen LogP contribution in [0.3, 0.4) is 0 Å². The highest BCUT2D eigenvalue weighted by molar-refractivity contribution is 6.10. The second-order valence-electron chi connectivity index (χ2n) is 12.9. The van der Waals surface area contributed by atoms with Crippen LogP contribution < -0.4 is 26.1 Å². The summed E-state index contributed by atoms with van der Waals surface area (Å²) in [6.45, 7) is 1.16. The first kappa shape index (κ1) is 23.1. The van der Waals surface area contributed by atoms with Gasteiger partial charge in [0.15, 0.2) is 0 Å². The average Bonchev–Trinajstić information content (AvgIpc) is 3.63. The maximum absolute atomic E-state index is 4.96. The van der Waals surface area contributed by atoms with E-state index >= 15 is 0 Å². The lowest BCUT2D eigenvalue weighted by Gasteiger charge is -2.17. The van der Waals surface area contributed by atoms with Gasteiger partial charge in [0.2, 0.25) is 5.70 Å². The Morgan fingerprint density at radius 2 is 1.62 bits per heavy atom. The van der Waals surface area contributed by atoms with Crippen molar-refractivity contribution in [1.29, 1.82) is 0 Å². The fourth-order valence-electron chi connectivity index (χ4n) is 7.66. The second kappa shape index (κ2) is 8.66. The summed E-state index contributed by atoms with van der Waals surface area (Å²) in [6, 6.07) is 23.9. The lowest BCUT2D eigenvalue weighted by molar-refractivity contribution is -0.310. The number of benzene rings is 3. The largest absolute Gasteiger partial charge is 0.314 e. The molecule has 0 aromatic heterocycles. The maximum Gasteiger partial charge on any atom is 0.314 e. The monoisotopic (exact) mass is 524 g/mol. The predicted octanol–water partition coefficient (Wildman–Crippen LogP) is 2.20. The number of fused-ring (bicyclic) bond motifs is 3. The van der Waals surface area contributed by atoms with Gasteiger partial charge in [-0.25, -0.2) is 4.99 Å². The van der Waals surface area contributed by atoms with E-state index in [4.69, 9.17) is 9.98 Å². The Labute approximate surface area is 233 Å². The SMILES string of the molecule is C1=NC(C2CC3(CC3)CN2)=CC1=c1ccc2cc(=c3ccc(=C4C=[NH+]C(C5NC6CCC5C6)=N4)cc3)ccc2c1. The molecule has 5 heteroatoms. The molecular weight excluding hydrogens is 490 g/mol. The number of hydrogen-bond donors (Lipinski definition) is 3. The molecular formula is C35H34N5+. The van der Waals surface area contributed by atoms with E-state index in [1.165, 1.54) is 76.2 Å². The van der Waals surface area contributed by atoms with Gasteiger partial charge in [-0.3, -0.25) is 4.99 Å². The minimum atomic E-state index is 0.390. The molecule has 2 saturated carbocycles. The van der Waals surface area contributed by atoms with Gasteiger partial charge in [0.25, 0.3) is 0 Å². The van der Waals surface area contributed by atoms with Gasteiger partial charge in [-0.2, -0.15) is 0 Å². The number of nitrogens with zero attached hydrogens (tertiary/aromatic N) is 2. The van der Waals surface area contributed by atoms with E-state index < -0.39 is 0 Å². The summed E-state index contributed by atoms with van der Waals surface area (Å²) in [5.74, 6) is 1.83. The van der Waals surface area contributed by atoms with E-state index in [1.807, 2.05) is 6.21 Å². The zero-order valence-corrected chi connectivity index (χ0v) is 22.7. The number of allylic oxidation sites excluding steroid dienone is 1. The van der Waals surface area contributed by atoms with E-state index in [0.717, 1.165) is 29.2 Å². The summed E-state index contributed by atoms with van der Waals surface area (Å²) in [7, 11) is 0. The van der Waals surface area contributed by atoms with Crippen molar-refractivity contribution in [3.8, 4) is 0 Å². The Bertz CT molecular complexity index is 1900. The van der Waals surface area contributed by atoms with Crippen LogP contribution in [0, 0.1) is 21.8 Å². The van der Waals surface area contributed by atoms with Gasteiger partial charge < -0.3 is 10.6 Å². The third-order valence-electron chi connectivity index (χ3n) is 10.3. The molecule has 9 rings (SSSR count). The number of nitrogens with one attached hydrogen (secondary N) is 3. The normalized spacial score (nSPS) is 30.6. The summed E-state index contributed by atoms with van der Waals surface area (Å²) in [4.78, 5) is 13.2. The Kier molecular flexibility index (Phi) is 5.00. The van der Waals surface area contributed by atoms with Crippen LogP contribution in [0.15, 0.2) is 82.4 Å². The molecule has 2 aliphatic carbocycles. The van der Waals surface area contributed by atoms with Gasteiger partial charge in [0.05, 0.1) is 11.7 Å². The van der Waals surface area contributed by atoms with Crippen LogP contribution in [0.4, 0.5) is 0 Å². The van der Waals surface area contributed by atoms with Crippen LogP contribution >= 0.6 is 0 Å². The molecule has 40 heavy (non-hydrogen) atoms. The molecule has 6 aliphatic rings. The molecule has 3 N–H and O–H groups in total. The van der Waals surface area contributed by atoms with Gasteiger partial charge in [-0.1, -0.05) is 36.4 Å². The van der Waals surface area contributed by atoms with E-state index in [1.54, 1.807) is 0 Å². The van der Waals surface area contributed by atoms with E-state index in [0.29, 0.717) is 23.5 Å². The zero-order chi connectivity index (χ0) is 26.3. The first-order valence-electron chi connectivity index (χ1n) is 15.0. The summed E-state index contributed by atoms with van der Waals surface area (Å²) in [6.07, 6.45) is 14.3. The second-order valence-corrected chi connectivity index (χ2v) is 12.9. The van der Waals surface area contributed by atoms with Gasteiger partial charge in [-0.05, 0) is 112 Å². The zero-order valence-electron chi connectivity index (χ0n) is 22.7. The lowest BCUT2D eigenvalue weighted by atomic mass is 9.99. The van der Waals surface area contributed by atoms with Crippen molar-refractivity contribution in [2.24, 2.45) is 21.3 Å². The molecule has 5 nitrogen and oxygen atoms in total. The van der Waals surface area contributed by atoms with Crippen molar-refractivity contribution < 1.29 is 4.99 Å². The Balaban J connectivity index is 1.01. The molecule has 1 spiro atoms. The van der Waals surface area contributed by atoms with Crippen LogP contribution in [0.2, 0.25) is 0 Å². The fraction of sp³-hybridized carbons (Fsp3) is 0.343. The number of piperidine rings is 1. The van der Waals surface area contributed by atoms with E-state index in [-0.39, 0.29) is 0 Å². The highest BCUT2D eigenvalue weighted by Gasteiger charge is 2.49. The molecule has 3 aromatic rings. The van der Waals surface area contributed by atoms with E-state index in [9.17, 15) is 0 Å². The average molecular weight is 525 g/mol. The summed E-state index contributed by atoms with van der Waals surface area (Å²) in [5.41, 5.74) is 4.02. The van der Waals surface area contributed by atoms with Crippen LogP contribution in [0.1, 0.15) is 38.5 Å². The Hall–Kier alpha value is -3.67. The molecule has 4 fully saturated rings. The highest BCUT2D eigenvalue weighted by atomic mass is 15.1. The summed E-state index contributed by atoms with van der Waals surface area (Å²) < 4.78 is 0.